The molecule has 0 aliphatic heterocycles. The fourth-order valence-corrected chi connectivity index (χ4v) is 4.26. The highest BCUT2D eigenvalue weighted by Gasteiger charge is 2.20. The molecule has 192 valence electrons. The van der Waals surface area contributed by atoms with Crippen molar-refractivity contribution in [2.24, 2.45) is 0 Å². The second-order valence-corrected chi connectivity index (χ2v) is 8.98. The Morgan fingerprint density at radius 3 is 1.79 bits per heavy atom. The van der Waals surface area contributed by atoms with Crippen molar-refractivity contribution in [2.75, 3.05) is 0 Å². The second kappa shape index (κ2) is 10.9. The molecule has 12 heteroatoms. The van der Waals surface area contributed by atoms with E-state index >= 15 is 0 Å². The van der Waals surface area contributed by atoms with Crippen molar-refractivity contribution >= 4 is 23.2 Å². The highest BCUT2D eigenvalue weighted by Crippen LogP contribution is 2.38. The zero-order valence-electron chi connectivity index (χ0n) is 20.1. The Balaban J connectivity index is 1.23. The van der Waals surface area contributed by atoms with Gasteiger partial charge in [-0.15, -0.1) is 10.2 Å². The number of benzene rings is 4. The molecule has 6 rings (SSSR count). The van der Waals surface area contributed by atoms with E-state index in [-0.39, 0.29) is 16.5 Å². The minimum atomic E-state index is 0.221. The molecule has 2 heterocycles. The van der Waals surface area contributed by atoms with Gasteiger partial charge in [0.25, 0.3) is 0 Å². The van der Waals surface area contributed by atoms with E-state index < -0.39 is 0 Å². The summed E-state index contributed by atoms with van der Waals surface area (Å²) >= 11 is 13.2. The van der Waals surface area contributed by atoms with Crippen LogP contribution in [0.5, 0.6) is 23.0 Å². The van der Waals surface area contributed by atoms with Crippen LogP contribution in [0.25, 0.3) is 11.4 Å². The fraction of sp³-hybridized carbons (Fsp3) is 0.0370. The lowest BCUT2D eigenvalue weighted by Gasteiger charge is -2.12. The third kappa shape index (κ3) is 5.28. The van der Waals surface area contributed by atoms with E-state index in [2.05, 4.69) is 31.1 Å². The molecular formula is C27H18Cl2N8O2. The SMILES string of the molecule is Clc1c(Oc2ccccc2)ccc(-n2nnnc2Cc2nnnn2-c2ccc(Oc3ccccc3)cc2)c1Cl. The lowest BCUT2D eigenvalue weighted by Crippen LogP contribution is -2.09. The number of para-hydroxylation sites is 2. The summed E-state index contributed by atoms with van der Waals surface area (Å²) < 4.78 is 14.8. The fourth-order valence-electron chi connectivity index (χ4n) is 3.82. The van der Waals surface area contributed by atoms with Gasteiger partial charge in [0.15, 0.2) is 11.6 Å². The maximum atomic E-state index is 6.62. The number of hydrogen-bond acceptors (Lipinski definition) is 8. The van der Waals surface area contributed by atoms with Crippen molar-refractivity contribution in [2.45, 2.75) is 6.42 Å². The normalized spacial score (nSPS) is 10.9. The van der Waals surface area contributed by atoms with Gasteiger partial charge in [0.2, 0.25) is 0 Å². The van der Waals surface area contributed by atoms with Crippen LogP contribution in [-0.4, -0.2) is 40.4 Å². The maximum absolute atomic E-state index is 6.62. The molecule has 0 saturated carbocycles. The molecule has 6 aromatic rings. The summed E-state index contributed by atoms with van der Waals surface area (Å²) in [5.41, 5.74) is 1.24. The summed E-state index contributed by atoms with van der Waals surface area (Å²) in [6.07, 6.45) is 0.221. The van der Waals surface area contributed by atoms with Crippen LogP contribution in [0.1, 0.15) is 11.6 Å². The van der Waals surface area contributed by atoms with E-state index in [9.17, 15) is 0 Å². The van der Waals surface area contributed by atoms with E-state index in [1.165, 1.54) is 4.68 Å². The quantitative estimate of drug-likeness (QED) is 0.220. The van der Waals surface area contributed by atoms with Gasteiger partial charge in [-0.25, -0.2) is 0 Å². The molecule has 0 atom stereocenters. The monoisotopic (exact) mass is 556 g/mol. The zero-order chi connectivity index (χ0) is 26.6. The van der Waals surface area contributed by atoms with E-state index in [1.807, 2.05) is 84.9 Å². The van der Waals surface area contributed by atoms with Gasteiger partial charge in [-0.3, -0.25) is 0 Å². The first-order valence-electron chi connectivity index (χ1n) is 11.7. The maximum Gasteiger partial charge on any atom is 0.164 e. The molecular weight excluding hydrogens is 539 g/mol. The Hall–Kier alpha value is -4.80. The minimum absolute atomic E-state index is 0.221. The molecule has 2 aromatic heterocycles. The lowest BCUT2D eigenvalue weighted by molar-refractivity contribution is 0.482. The molecule has 0 N–H and O–H groups in total. The molecule has 0 saturated heterocycles. The minimum Gasteiger partial charge on any atom is -0.457 e. The van der Waals surface area contributed by atoms with Gasteiger partial charge in [0.05, 0.1) is 22.8 Å². The molecule has 10 nitrogen and oxygen atoms in total. The highest BCUT2D eigenvalue weighted by molar-refractivity contribution is 6.44. The molecule has 0 unspecified atom stereocenters. The molecule has 39 heavy (non-hydrogen) atoms. The van der Waals surface area contributed by atoms with Crippen molar-refractivity contribution in [3.05, 3.63) is 119 Å². The number of rotatable bonds is 8. The van der Waals surface area contributed by atoms with Gasteiger partial charge < -0.3 is 9.47 Å². The predicted molar refractivity (Wildman–Crippen MR) is 144 cm³/mol. The average molecular weight is 557 g/mol. The van der Waals surface area contributed by atoms with Gasteiger partial charge in [-0.2, -0.15) is 9.36 Å². The lowest BCUT2D eigenvalue weighted by atomic mass is 10.2. The van der Waals surface area contributed by atoms with Gasteiger partial charge >= 0.3 is 0 Å². The standard InChI is InChI=1S/C27H18Cl2N8O2/c28-26-22(15-16-23(27(26)29)39-20-9-5-2-6-10-20)37-25(31-33-35-37)17-24-30-32-34-36(24)18-11-13-21(14-12-18)38-19-7-3-1-4-8-19/h1-16H,17H2. The summed E-state index contributed by atoms with van der Waals surface area (Å²) in [7, 11) is 0. The number of tetrazole rings is 2. The van der Waals surface area contributed by atoms with E-state index in [1.54, 1.807) is 16.8 Å². The first kappa shape index (κ1) is 24.5. The van der Waals surface area contributed by atoms with Gasteiger partial charge in [-0.05, 0) is 81.5 Å². The summed E-state index contributed by atoms with van der Waals surface area (Å²) in [5, 5.41) is 24.7. The molecule has 0 radical (unpaired) electrons. The Bertz CT molecular complexity index is 1710. The zero-order valence-corrected chi connectivity index (χ0v) is 21.6. The van der Waals surface area contributed by atoms with Gasteiger partial charge in [-0.1, -0.05) is 59.6 Å². The molecule has 0 bridgehead atoms. The van der Waals surface area contributed by atoms with Crippen LogP contribution in [0, 0.1) is 0 Å². The van der Waals surface area contributed by atoms with Crippen molar-refractivity contribution < 1.29 is 9.47 Å². The molecule has 4 aromatic carbocycles. The van der Waals surface area contributed by atoms with Gasteiger partial charge in [0.1, 0.15) is 28.0 Å². The number of ether oxygens (including phenoxy) is 2. The van der Waals surface area contributed by atoms with Crippen LogP contribution in [0.15, 0.2) is 97.1 Å². The van der Waals surface area contributed by atoms with Crippen LogP contribution in [-0.2, 0) is 6.42 Å². The summed E-state index contributed by atoms with van der Waals surface area (Å²) in [5.74, 6) is 3.47. The second-order valence-electron chi connectivity index (χ2n) is 8.23. The summed E-state index contributed by atoms with van der Waals surface area (Å²) in [6, 6.07) is 29.7. The van der Waals surface area contributed by atoms with Crippen LogP contribution >= 0.6 is 23.2 Å². The number of nitrogens with zero attached hydrogens (tertiary/aromatic N) is 8. The Kier molecular flexibility index (Phi) is 6.86. The summed E-state index contributed by atoms with van der Waals surface area (Å²) in [6.45, 7) is 0. The topological polar surface area (TPSA) is 106 Å². The number of hydrogen-bond donors (Lipinski definition) is 0. The van der Waals surface area contributed by atoms with E-state index in [0.717, 1.165) is 11.4 Å². The van der Waals surface area contributed by atoms with Crippen LogP contribution in [0.2, 0.25) is 10.0 Å². The third-order valence-electron chi connectivity index (χ3n) is 5.67. The Morgan fingerprint density at radius 1 is 0.564 bits per heavy atom. The smallest absolute Gasteiger partial charge is 0.164 e. The predicted octanol–water partition coefficient (Wildman–Crippen LogP) is 6.12. The number of halogens is 2. The van der Waals surface area contributed by atoms with Crippen molar-refractivity contribution in [1.29, 1.82) is 0 Å². The van der Waals surface area contributed by atoms with Crippen LogP contribution in [0.3, 0.4) is 0 Å². The van der Waals surface area contributed by atoms with Crippen molar-refractivity contribution in [1.82, 2.24) is 40.4 Å². The number of aromatic nitrogens is 8. The third-order valence-corrected chi connectivity index (χ3v) is 6.52. The first-order chi connectivity index (χ1) is 19.2. The summed E-state index contributed by atoms with van der Waals surface area (Å²) in [4.78, 5) is 0. The van der Waals surface area contributed by atoms with Gasteiger partial charge in [0, 0.05) is 0 Å². The Labute approximate surface area is 232 Å². The highest BCUT2D eigenvalue weighted by atomic mass is 35.5. The molecule has 0 amide bonds. The molecule has 0 aliphatic carbocycles. The van der Waals surface area contributed by atoms with E-state index in [0.29, 0.717) is 34.6 Å². The Morgan fingerprint density at radius 2 is 1.13 bits per heavy atom. The van der Waals surface area contributed by atoms with Crippen LogP contribution in [0.4, 0.5) is 0 Å². The van der Waals surface area contributed by atoms with E-state index in [4.69, 9.17) is 32.7 Å². The molecule has 0 spiro atoms. The largest absolute Gasteiger partial charge is 0.457 e. The molecule has 0 fully saturated rings. The van der Waals surface area contributed by atoms with Crippen molar-refractivity contribution in [3.8, 4) is 34.4 Å². The molecule has 0 aliphatic rings. The first-order valence-corrected chi connectivity index (χ1v) is 12.5. The average Bonchev–Trinajstić information content (AvgIpc) is 3.63. The van der Waals surface area contributed by atoms with Crippen molar-refractivity contribution in [3.63, 3.8) is 0 Å². The van der Waals surface area contributed by atoms with Crippen LogP contribution < -0.4 is 9.47 Å².